The zero-order valence-electron chi connectivity index (χ0n) is 17.9. The Bertz CT molecular complexity index is 512. The van der Waals surface area contributed by atoms with E-state index in [4.69, 9.17) is 9.47 Å². The molecule has 0 heterocycles. The lowest BCUT2D eigenvalue weighted by Crippen LogP contribution is -2.33. The van der Waals surface area contributed by atoms with Crippen molar-refractivity contribution >= 4 is 0 Å². The molecule has 26 heavy (non-hydrogen) atoms. The van der Waals surface area contributed by atoms with Gasteiger partial charge in [-0.3, -0.25) is 0 Å². The van der Waals surface area contributed by atoms with Crippen LogP contribution in [0.15, 0.2) is 24.3 Å². The molecule has 0 radical (unpaired) electrons. The Hall–Kier alpha value is -1.02. The van der Waals surface area contributed by atoms with Crippen LogP contribution in [0.3, 0.4) is 0 Å². The van der Waals surface area contributed by atoms with Gasteiger partial charge in [0.25, 0.3) is 0 Å². The smallest absolute Gasteiger partial charge is 0.200 e. The third kappa shape index (κ3) is 5.74. The van der Waals surface area contributed by atoms with Crippen molar-refractivity contribution in [3.8, 4) is 5.75 Å². The Balaban J connectivity index is 1.98. The van der Waals surface area contributed by atoms with Crippen molar-refractivity contribution < 1.29 is 9.47 Å². The average Bonchev–Trinajstić information content (AvgIpc) is 2.63. The van der Waals surface area contributed by atoms with Crippen molar-refractivity contribution in [1.82, 2.24) is 0 Å². The Morgan fingerprint density at radius 2 is 1.65 bits per heavy atom. The summed E-state index contributed by atoms with van der Waals surface area (Å²) in [6, 6.07) is 8.67. The molecule has 0 aromatic heterocycles. The summed E-state index contributed by atoms with van der Waals surface area (Å²) in [5.74, 6) is 2.98. The van der Waals surface area contributed by atoms with Gasteiger partial charge in [0.2, 0.25) is 0 Å². The molecule has 1 aromatic carbocycles. The van der Waals surface area contributed by atoms with Crippen molar-refractivity contribution in [3.63, 3.8) is 0 Å². The molecule has 1 aliphatic carbocycles. The molecular formula is C24H40O2. The first-order valence-corrected chi connectivity index (χ1v) is 10.7. The van der Waals surface area contributed by atoms with Crippen LogP contribution in [0.5, 0.6) is 5.75 Å². The minimum atomic E-state index is -0.176. The Labute approximate surface area is 161 Å². The molecular weight excluding hydrogens is 320 g/mol. The van der Waals surface area contributed by atoms with Gasteiger partial charge in [-0.25, -0.2) is 0 Å². The van der Waals surface area contributed by atoms with Gasteiger partial charge in [-0.05, 0) is 60.1 Å². The Kier molecular flexibility index (Phi) is 8.01. The number of ether oxygens (including phenoxy) is 2. The van der Waals surface area contributed by atoms with Crippen LogP contribution in [0.25, 0.3) is 0 Å². The second-order valence-electron chi connectivity index (χ2n) is 9.14. The quantitative estimate of drug-likeness (QED) is 0.434. The summed E-state index contributed by atoms with van der Waals surface area (Å²) in [4.78, 5) is 0. The summed E-state index contributed by atoms with van der Waals surface area (Å²) >= 11 is 0. The van der Waals surface area contributed by atoms with Gasteiger partial charge in [0.15, 0.2) is 6.29 Å². The summed E-state index contributed by atoms with van der Waals surface area (Å²) in [5, 5.41) is 0. The van der Waals surface area contributed by atoms with Crippen LogP contribution < -0.4 is 4.74 Å². The first-order chi connectivity index (χ1) is 12.4. The van der Waals surface area contributed by atoms with E-state index < -0.39 is 0 Å². The first kappa shape index (κ1) is 21.3. The van der Waals surface area contributed by atoms with Crippen LogP contribution in [0.1, 0.15) is 91.0 Å². The largest absolute Gasteiger partial charge is 0.465 e. The minimum Gasteiger partial charge on any atom is -0.465 e. The number of benzene rings is 1. The highest BCUT2D eigenvalue weighted by Gasteiger charge is 2.33. The molecule has 0 aliphatic heterocycles. The molecule has 2 unspecified atom stereocenters. The van der Waals surface area contributed by atoms with Crippen LogP contribution in [-0.4, -0.2) is 13.4 Å². The standard InChI is InChI=1S/C24H40O2/c1-7-22(18(2)3)19-13-15-21(16-14-19)26-23(25-6)17-24(4,5)20-11-9-8-10-12-20/h13-16,18,20,22-23H,7-12,17H2,1-6H3. The zero-order chi connectivity index (χ0) is 19.2. The predicted octanol–water partition coefficient (Wildman–Crippen LogP) is 7.18. The molecule has 1 fully saturated rings. The van der Waals surface area contributed by atoms with Gasteiger partial charge in [0, 0.05) is 13.5 Å². The van der Waals surface area contributed by atoms with Crippen LogP contribution >= 0.6 is 0 Å². The third-order valence-corrected chi connectivity index (χ3v) is 6.49. The normalized spacial score (nSPS) is 18.7. The van der Waals surface area contributed by atoms with Crippen molar-refractivity contribution in [2.75, 3.05) is 7.11 Å². The fourth-order valence-electron chi connectivity index (χ4n) is 4.69. The van der Waals surface area contributed by atoms with Crippen molar-refractivity contribution in [1.29, 1.82) is 0 Å². The molecule has 1 saturated carbocycles. The maximum atomic E-state index is 6.20. The minimum absolute atomic E-state index is 0.176. The molecule has 0 N–H and O–H groups in total. The summed E-state index contributed by atoms with van der Waals surface area (Å²) in [7, 11) is 1.77. The second-order valence-corrected chi connectivity index (χ2v) is 9.14. The molecule has 0 amide bonds. The van der Waals surface area contributed by atoms with Gasteiger partial charge in [-0.1, -0.05) is 66.0 Å². The van der Waals surface area contributed by atoms with Crippen molar-refractivity contribution in [2.45, 2.75) is 91.8 Å². The van der Waals surface area contributed by atoms with E-state index in [2.05, 4.69) is 58.9 Å². The molecule has 2 atom stereocenters. The molecule has 0 spiro atoms. The first-order valence-electron chi connectivity index (χ1n) is 10.7. The number of hydrogen-bond donors (Lipinski definition) is 0. The molecule has 2 rings (SSSR count). The topological polar surface area (TPSA) is 18.5 Å². The SMILES string of the molecule is CCC(c1ccc(OC(CC(C)(C)C2CCCCC2)OC)cc1)C(C)C. The Morgan fingerprint density at radius 1 is 1.04 bits per heavy atom. The predicted molar refractivity (Wildman–Crippen MR) is 111 cm³/mol. The van der Waals surface area contributed by atoms with E-state index in [-0.39, 0.29) is 11.7 Å². The fourth-order valence-corrected chi connectivity index (χ4v) is 4.69. The summed E-state index contributed by atoms with van der Waals surface area (Å²) < 4.78 is 11.9. The van der Waals surface area contributed by atoms with Crippen LogP contribution in [0.2, 0.25) is 0 Å². The molecule has 148 valence electrons. The van der Waals surface area contributed by atoms with E-state index in [1.165, 1.54) is 44.1 Å². The highest BCUT2D eigenvalue weighted by molar-refractivity contribution is 5.29. The van der Waals surface area contributed by atoms with Gasteiger partial charge in [0.1, 0.15) is 5.75 Å². The maximum Gasteiger partial charge on any atom is 0.200 e. The van der Waals surface area contributed by atoms with Gasteiger partial charge in [-0.15, -0.1) is 0 Å². The van der Waals surface area contributed by atoms with Gasteiger partial charge in [0.05, 0.1) is 0 Å². The van der Waals surface area contributed by atoms with Gasteiger partial charge >= 0.3 is 0 Å². The molecule has 2 nitrogen and oxygen atoms in total. The van der Waals surface area contributed by atoms with E-state index in [0.717, 1.165) is 18.1 Å². The van der Waals surface area contributed by atoms with Crippen LogP contribution in [0.4, 0.5) is 0 Å². The molecule has 0 saturated heterocycles. The van der Waals surface area contributed by atoms with E-state index >= 15 is 0 Å². The lowest BCUT2D eigenvalue weighted by Gasteiger charge is -2.38. The monoisotopic (exact) mass is 360 g/mol. The molecule has 1 aliphatic rings. The van der Waals surface area contributed by atoms with E-state index in [1.54, 1.807) is 7.11 Å². The molecule has 2 heteroatoms. The summed E-state index contributed by atoms with van der Waals surface area (Å²) in [6.07, 6.45) is 8.80. The highest BCUT2D eigenvalue weighted by atomic mass is 16.7. The van der Waals surface area contributed by atoms with Crippen LogP contribution in [-0.2, 0) is 4.74 Å². The fraction of sp³-hybridized carbons (Fsp3) is 0.750. The van der Waals surface area contributed by atoms with Crippen molar-refractivity contribution in [3.05, 3.63) is 29.8 Å². The lowest BCUT2D eigenvalue weighted by atomic mass is 9.69. The second kappa shape index (κ2) is 9.78. The van der Waals surface area contributed by atoms with E-state index in [9.17, 15) is 0 Å². The number of hydrogen-bond acceptors (Lipinski definition) is 2. The molecule has 1 aromatic rings. The summed E-state index contributed by atoms with van der Waals surface area (Å²) in [6.45, 7) is 11.6. The zero-order valence-corrected chi connectivity index (χ0v) is 17.9. The summed E-state index contributed by atoms with van der Waals surface area (Å²) in [5.41, 5.74) is 1.66. The highest BCUT2D eigenvalue weighted by Crippen LogP contribution is 2.42. The van der Waals surface area contributed by atoms with Gasteiger partial charge in [-0.2, -0.15) is 0 Å². The average molecular weight is 361 g/mol. The third-order valence-electron chi connectivity index (χ3n) is 6.49. The van der Waals surface area contributed by atoms with E-state index in [0.29, 0.717) is 11.8 Å². The lowest BCUT2D eigenvalue weighted by molar-refractivity contribution is -0.0883. The maximum absolute atomic E-state index is 6.20. The van der Waals surface area contributed by atoms with Crippen molar-refractivity contribution in [2.24, 2.45) is 17.3 Å². The molecule has 0 bridgehead atoms. The van der Waals surface area contributed by atoms with E-state index in [1.807, 2.05) is 0 Å². The van der Waals surface area contributed by atoms with Gasteiger partial charge < -0.3 is 9.47 Å². The Morgan fingerprint density at radius 3 is 2.15 bits per heavy atom. The number of rotatable bonds is 9. The van der Waals surface area contributed by atoms with Crippen LogP contribution in [0, 0.1) is 17.3 Å². The number of methoxy groups -OCH3 is 1.